The van der Waals surface area contributed by atoms with Gasteiger partial charge >= 0.3 is 0 Å². The Kier molecular flexibility index (Phi) is 6.79. The van der Waals surface area contributed by atoms with Crippen LogP contribution in [0.25, 0.3) is 0 Å². The van der Waals surface area contributed by atoms with Crippen molar-refractivity contribution in [3.63, 3.8) is 0 Å². The van der Waals surface area contributed by atoms with Crippen LogP contribution in [0.5, 0.6) is 0 Å². The van der Waals surface area contributed by atoms with E-state index in [0.717, 1.165) is 18.0 Å². The number of hydrogen-bond acceptors (Lipinski definition) is 3. The van der Waals surface area contributed by atoms with Crippen molar-refractivity contribution in [3.05, 3.63) is 0 Å². The van der Waals surface area contributed by atoms with Crippen LogP contribution in [0.2, 0.25) is 0 Å². The van der Waals surface area contributed by atoms with E-state index in [1.54, 1.807) is 0 Å². The van der Waals surface area contributed by atoms with Crippen molar-refractivity contribution < 1.29 is 0 Å². The van der Waals surface area contributed by atoms with Gasteiger partial charge in [0.2, 0.25) is 0 Å². The molecule has 1 atom stereocenters. The first kappa shape index (κ1) is 16.3. The zero-order chi connectivity index (χ0) is 14.4. The average molecular weight is 281 g/mol. The van der Waals surface area contributed by atoms with Gasteiger partial charge < -0.3 is 10.2 Å². The number of nitrogens with zero attached hydrogens (tertiary/aromatic N) is 2. The van der Waals surface area contributed by atoms with Crippen molar-refractivity contribution in [3.8, 4) is 0 Å². The second kappa shape index (κ2) is 8.35. The lowest BCUT2D eigenvalue weighted by atomic mass is 10.0. The lowest BCUT2D eigenvalue weighted by molar-refractivity contribution is 0.0916. The first-order valence-corrected chi connectivity index (χ1v) is 8.88. The molecule has 0 aromatic rings. The molecule has 0 aromatic carbocycles. The predicted molar refractivity (Wildman–Crippen MR) is 87.2 cm³/mol. The van der Waals surface area contributed by atoms with Crippen LogP contribution in [0.4, 0.5) is 0 Å². The molecule has 0 saturated carbocycles. The second-order valence-electron chi connectivity index (χ2n) is 7.21. The molecule has 0 aromatic heterocycles. The maximum atomic E-state index is 3.68. The molecule has 0 radical (unpaired) electrons. The summed E-state index contributed by atoms with van der Waals surface area (Å²) in [6.07, 6.45) is 6.80. The van der Waals surface area contributed by atoms with Crippen LogP contribution in [-0.2, 0) is 0 Å². The van der Waals surface area contributed by atoms with Gasteiger partial charge in [0.25, 0.3) is 0 Å². The molecule has 118 valence electrons. The van der Waals surface area contributed by atoms with Gasteiger partial charge in [0.05, 0.1) is 0 Å². The summed E-state index contributed by atoms with van der Waals surface area (Å²) in [4.78, 5) is 5.45. The van der Waals surface area contributed by atoms with Crippen LogP contribution in [0.3, 0.4) is 0 Å². The Bertz CT molecular complexity index is 253. The van der Waals surface area contributed by atoms with Gasteiger partial charge in [-0.3, -0.25) is 4.90 Å². The molecule has 1 N–H and O–H groups in total. The summed E-state index contributed by atoms with van der Waals surface area (Å²) in [5, 5.41) is 3.68. The molecule has 2 rings (SSSR count). The topological polar surface area (TPSA) is 18.5 Å². The minimum atomic E-state index is 0.752. The largest absolute Gasteiger partial charge is 0.313 e. The van der Waals surface area contributed by atoms with Crippen molar-refractivity contribution >= 4 is 0 Å². The van der Waals surface area contributed by atoms with Crippen LogP contribution in [-0.4, -0.2) is 61.2 Å². The standard InChI is InChI=1S/C17H35N3/c1-4-10-19-11-7-17(8-12-19)20(13-15(2)3)14-16-6-5-9-18-16/h15-18H,4-14H2,1-3H3. The van der Waals surface area contributed by atoms with Crippen molar-refractivity contribution in [1.29, 1.82) is 0 Å². The minimum Gasteiger partial charge on any atom is -0.313 e. The summed E-state index contributed by atoms with van der Waals surface area (Å²) in [6, 6.07) is 1.58. The third kappa shape index (κ3) is 5.01. The highest BCUT2D eigenvalue weighted by molar-refractivity contribution is 4.85. The fraction of sp³-hybridized carbons (Fsp3) is 1.00. The Morgan fingerprint density at radius 2 is 1.95 bits per heavy atom. The average Bonchev–Trinajstić information content (AvgIpc) is 2.92. The highest BCUT2D eigenvalue weighted by Gasteiger charge is 2.27. The minimum absolute atomic E-state index is 0.752. The summed E-state index contributed by atoms with van der Waals surface area (Å²) in [5.41, 5.74) is 0. The Hall–Kier alpha value is -0.120. The van der Waals surface area contributed by atoms with E-state index in [9.17, 15) is 0 Å². The Balaban J connectivity index is 1.83. The predicted octanol–water partition coefficient (Wildman–Crippen LogP) is 2.57. The monoisotopic (exact) mass is 281 g/mol. The van der Waals surface area contributed by atoms with E-state index >= 15 is 0 Å². The number of likely N-dealkylation sites (tertiary alicyclic amines) is 1. The highest BCUT2D eigenvalue weighted by Crippen LogP contribution is 2.20. The molecular formula is C17H35N3. The lowest BCUT2D eigenvalue weighted by Gasteiger charge is -2.40. The number of piperidine rings is 1. The van der Waals surface area contributed by atoms with Crippen LogP contribution in [0.15, 0.2) is 0 Å². The maximum Gasteiger partial charge on any atom is 0.0195 e. The van der Waals surface area contributed by atoms with Crippen LogP contribution in [0, 0.1) is 5.92 Å². The van der Waals surface area contributed by atoms with Gasteiger partial charge in [0.15, 0.2) is 0 Å². The molecule has 3 heteroatoms. The van der Waals surface area contributed by atoms with Crippen molar-refractivity contribution in [2.75, 3.05) is 39.3 Å². The molecule has 2 heterocycles. The maximum absolute atomic E-state index is 3.68. The molecule has 2 aliphatic rings. The fourth-order valence-corrected chi connectivity index (χ4v) is 3.86. The Labute approximate surface area is 126 Å². The smallest absolute Gasteiger partial charge is 0.0195 e. The molecule has 3 nitrogen and oxygen atoms in total. The van der Waals surface area contributed by atoms with Crippen LogP contribution < -0.4 is 5.32 Å². The van der Waals surface area contributed by atoms with Gasteiger partial charge in [-0.15, -0.1) is 0 Å². The van der Waals surface area contributed by atoms with E-state index in [-0.39, 0.29) is 0 Å². The summed E-state index contributed by atoms with van der Waals surface area (Å²) in [5.74, 6) is 0.782. The first-order valence-electron chi connectivity index (χ1n) is 8.88. The molecule has 1 unspecified atom stereocenters. The molecular weight excluding hydrogens is 246 g/mol. The third-order valence-corrected chi connectivity index (χ3v) is 4.83. The summed E-state index contributed by atoms with van der Waals surface area (Å²) in [6.45, 7) is 14.7. The number of nitrogens with one attached hydrogen (secondary N) is 1. The van der Waals surface area contributed by atoms with Gasteiger partial charge in [0, 0.05) is 25.2 Å². The van der Waals surface area contributed by atoms with Gasteiger partial charge in [-0.2, -0.15) is 0 Å². The quantitative estimate of drug-likeness (QED) is 0.774. The Morgan fingerprint density at radius 3 is 2.50 bits per heavy atom. The van der Waals surface area contributed by atoms with Crippen LogP contribution >= 0.6 is 0 Å². The molecule has 0 aliphatic carbocycles. The molecule has 0 bridgehead atoms. The zero-order valence-corrected chi connectivity index (χ0v) is 13.9. The van der Waals surface area contributed by atoms with E-state index in [1.807, 2.05) is 0 Å². The highest BCUT2D eigenvalue weighted by atomic mass is 15.2. The molecule has 0 amide bonds. The fourth-order valence-electron chi connectivity index (χ4n) is 3.86. The van der Waals surface area contributed by atoms with E-state index in [4.69, 9.17) is 0 Å². The van der Waals surface area contributed by atoms with E-state index in [1.165, 1.54) is 71.4 Å². The molecule has 2 aliphatic heterocycles. The normalized spacial score (nSPS) is 25.9. The summed E-state index contributed by atoms with van der Waals surface area (Å²) < 4.78 is 0. The van der Waals surface area contributed by atoms with Gasteiger partial charge in [-0.05, 0) is 64.2 Å². The zero-order valence-electron chi connectivity index (χ0n) is 13.9. The van der Waals surface area contributed by atoms with E-state index in [0.29, 0.717) is 0 Å². The lowest BCUT2D eigenvalue weighted by Crippen LogP contribution is -2.49. The van der Waals surface area contributed by atoms with Gasteiger partial charge in [-0.1, -0.05) is 20.8 Å². The van der Waals surface area contributed by atoms with E-state index < -0.39 is 0 Å². The second-order valence-corrected chi connectivity index (χ2v) is 7.21. The number of rotatable bonds is 7. The van der Waals surface area contributed by atoms with Crippen molar-refractivity contribution in [2.24, 2.45) is 5.92 Å². The van der Waals surface area contributed by atoms with Gasteiger partial charge in [-0.25, -0.2) is 0 Å². The molecule has 0 spiro atoms. The third-order valence-electron chi connectivity index (χ3n) is 4.83. The summed E-state index contributed by atoms with van der Waals surface area (Å²) in [7, 11) is 0. The SMILES string of the molecule is CCCN1CCC(N(CC(C)C)CC2CCCN2)CC1. The molecule has 2 fully saturated rings. The molecule has 20 heavy (non-hydrogen) atoms. The van der Waals surface area contributed by atoms with Gasteiger partial charge in [0.1, 0.15) is 0 Å². The molecule has 2 saturated heterocycles. The van der Waals surface area contributed by atoms with Crippen molar-refractivity contribution in [2.45, 2.75) is 65.0 Å². The Morgan fingerprint density at radius 1 is 1.20 bits per heavy atom. The van der Waals surface area contributed by atoms with Crippen LogP contribution in [0.1, 0.15) is 52.9 Å². The number of hydrogen-bond donors (Lipinski definition) is 1. The van der Waals surface area contributed by atoms with Crippen molar-refractivity contribution in [1.82, 2.24) is 15.1 Å². The first-order chi connectivity index (χ1) is 9.69. The summed E-state index contributed by atoms with van der Waals surface area (Å²) >= 11 is 0. The van der Waals surface area contributed by atoms with E-state index in [2.05, 4.69) is 35.9 Å².